The summed E-state index contributed by atoms with van der Waals surface area (Å²) in [7, 11) is 0. The van der Waals surface area contributed by atoms with Crippen LogP contribution in [0.15, 0.2) is 35.1 Å². The highest BCUT2D eigenvalue weighted by atomic mass is 19.4. The van der Waals surface area contributed by atoms with E-state index in [1.54, 1.807) is 12.5 Å². The topological polar surface area (TPSA) is 138 Å². The summed E-state index contributed by atoms with van der Waals surface area (Å²) in [5.74, 6) is -2.93. The van der Waals surface area contributed by atoms with E-state index in [4.69, 9.17) is 29.0 Å². The molecule has 3 N–H and O–H groups in total. The number of nitrogens with one attached hydrogen (secondary N) is 1. The lowest BCUT2D eigenvalue weighted by Crippen LogP contribution is -2.39. The lowest BCUT2D eigenvalue weighted by molar-refractivity contribution is -0.193. The Morgan fingerprint density at radius 2 is 1.72 bits per heavy atom. The lowest BCUT2D eigenvalue weighted by atomic mass is 10.2. The standard InChI is InChI=1S/C16H22N4O2.2C2HF3O2/c1-12(2)18-15-5-6-17-16(19-15)14-11-21-9-7-20(14)10-13-4-3-8-22-13;2*3-2(4,5)1(6)7/h3-6,8,12,14H,7,9-11H2,1-2H3,(H,17,18,19);2*(H,6,7). The largest absolute Gasteiger partial charge is 0.490 e. The lowest BCUT2D eigenvalue weighted by Gasteiger charge is -2.33. The number of alkyl halides is 6. The summed E-state index contributed by atoms with van der Waals surface area (Å²) in [5.41, 5.74) is 0. The Morgan fingerprint density at radius 3 is 2.19 bits per heavy atom. The molecule has 0 aromatic carbocycles. The van der Waals surface area contributed by atoms with Crippen LogP contribution in [0.25, 0.3) is 0 Å². The van der Waals surface area contributed by atoms with E-state index in [-0.39, 0.29) is 6.04 Å². The molecule has 3 heterocycles. The second kappa shape index (κ2) is 13.6. The predicted molar refractivity (Wildman–Crippen MR) is 111 cm³/mol. The first kappa shape index (κ1) is 30.6. The number of aliphatic carboxylic acids is 2. The maximum Gasteiger partial charge on any atom is 0.490 e. The molecule has 0 spiro atoms. The minimum absolute atomic E-state index is 0.0489. The molecular weight excluding hydrogens is 506 g/mol. The van der Waals surface area contributed by atoms with Crippen molar-refractivity contribution in [1.29, 1.82) is 0 Å². The minimum atomic E-state index is -5.08. The van der Waals surface area contributed by atoms with Gasteiger partial charge in [0.2, 0.25) is 0 Å². The summed E-state index contributed by atoms with van der Waals surface area (Å²) in [6.45, 7) is 7.10. The third-order valence-corrected chi connectivity index (χ3v) is 4.07. The Morgan fingerprint density at radius 1 is 1.14 bits per heavy atom. The first-order valence-electron chi connectivity index (χ1n) is 10.1. The molecular formula is C20H24F6N4O6. The molecule has 0 radical (unpaired) electrons. The first-order chi connectivity index (χ1) is 16.6. The predicted octanol–water partition coefficient (Wildman–Crippen LogP) is 3.73. The van der Waals surface area contributed by atoms with Crippen LogP contribution in [0.3, 0.4) is 0 Å². The van der Waals surface area contributed by atoms with Crippen molar-refractivity contribution in [3.63, 3.8) is 0 Å². The van der Waals surface area contributed by atoms with E-state index in [2.05, 4.69) is 34.0 Å². The fraction of sp³-hybridized carbons (Fsp3) is 0.500. The van der Waals surface area contributed by atoms with Crippen LogP contribution in [0.4, 0.5) is 32.2 Å². The Hall–Kier alpha value is -3.40. The van der Waals surface area contributed by atoms with Gasteiger partial charge in [-0.1, -0.05) is 0 Å². The van der Waals surface area contributed by atoms with E-state index in [0.717, 1.165) is 37.1 Å². The van der Waals surface area contributed by atoms with Gasteiger partial charge in [0.05, 0.1) is 32.1 Å². The zero-order valence-corrected chi connectivity index (χ0v) is 19.0. The molecule has 1 saturated heterocycles. The molecule has 202 valence electrons. The molecule has 16 heteroatoms. The van der Waals surface area contributed by atoms with Gasteiger partial charge < -0.3 is 24.7 Å². The molecule has 36 heavy (non-hydrogen) atoms. The smallest absolute Gasteiger partial charge is 0.475 e. The number of nitrogens with zero attached hydrogens (tertiary/aromatic N) is 3. The van der Waals surface area contributed by atoms with E-state index in [9.17, 15) is 26.3 Å². The fourth-order valence-electron chi connectivity index (χ4n) is 2.58. The number of hydrogen-bond acceptors (Lipinski definition) is 8. The zero-order valence-electron chi connectivity index (χ0n) is 19.0. The van der Waals surface area contributed by atoms with E-state index < -0.39 is 24.3 Å². The molecule has 0 saturated carbocycles. The van der Waals surface area contributed by atoms with Crippen molar-refractivity contribution in [3.8, 4) is 0 Å². The van der Waals surface area contributed by atoms with Gasteiger partial charge >= 0.3 is 24.3 Å². The van der Waals surface area contributed by atoms with E-state index in [0.29, 0.717) is 12.6 Å². The molecule has 0 amide bonds. The van der Waals surface area contributed by atoms with Gasteiger partial charge in [0.1, 0.15) is 17.4 Å². The summed E-state index contributed by atoms with van der Waals surface area (Å²) in [5, 5.41) is 17.6. The number of anilines is 1. The summed E-state index contributed by atoms with van der Waals surface area (Å²) < 4.78 is 74.6. The van der Waals surface area contributed by atoms with Gasteiger partial charge in [-0.3, -0.25) is 4.90 Å². The fourth-order valence-corrected chi connectivity index (χ4v) is 2.58. The van der Waals surface area contributed by atoms with E-state index >= 15 is 0 Å². The number of morpholine rings is 1. The number of rotatable bonds is 5. The first-order valence-corrected chi connectivity index (χ1v) is 10.1. The Bertz CT molecular complexity index is 929. The van der Waals surface area contributed by atoms with Crippen molar-refractivity contribution in [2.75, 3.05) is 25.1 Å². The van der Waals surface area contributed by atoms with E-state index in [1.165, 1.54) is 0 Å². The number of carboxylic acids is 2. The molecule has 1 aliphatic heterocycles. The van der Waals surface area contributed by atoms with Gasteiger partial charge in [0, 0.05) is 18.8 Å². The van der Waals surface area contributed by atoms with Crippen molar-refractivity contribution >= 4 is 17.8 Å². The van der Waals surface area contributed by atoms with Crippen LogP contribution < -0.4 is 5.32 Å². The van der Waals surface area contributed by atoms with E-state index in [1.807, 2.05) is 18.2 Å². The van der Waals surface area contributed by atoms with Crippen LogP contribution in [-0.2, 0) is 20.9 Å². The average Bonchev–Trinajstić information content (AvgIpc) is 3.26. The molecule has 0 aliphatic carbocycles. The second-order valence-corrected chi connectivity index (χ2v) is 7.35. The van der Waals surface area contributed by atoms with Crippen molar-refractivity contribution in [2.45, 2.75) is 44.8 Å². The summed E-state index contributed by atoms with van der Waals surface area (Å²) in [6, 6.07) is 6.18. The molecule has 1 unspecified atom stereocenters. The van der Waals surface area contributed by atoms with Crippen LogP contribution in [0.2, 0.25) is 0 Å². The number of furan rings is 1. The molecule has 1 atom stereocenters. The SMILES string of the molecule is CC(C)Nc1ccnc(C2COCCN2Cc2ccco2)n1.O=C(O)C(F)(F)F.O=C(O)C(F)(F)F. The Balaban J connectivity index is 0.000000383. The summed E-state index contributed by atoms with van der Waals surface area (Å²) in [4.78, 5) is 29.2. The summed E-state index contributed by atoms with van der Waals surface area (Å²) in [6.07, 6.45) is -6.67. The minimum Gasteiger partial charge on any atom is -0.475 e. The van der Waals surface area contributed by atoms with Crippen LogP contribution in [0.1, 0.15) is 31.5 Å². The molecule has 3 rings (SSSR count). The maximum atomic E-state index is 10.6. The van der Waals surface area contributed by atoms with Gasteiger partial charge in [0.25, 0.3) is 0 Å². The van der Waals surface area contributed by atoms with Crippen LogP contribution in [0, 0.1) is 0 Å². The highest BCUT2D eigenvalue weighted by molar-refractivity contribution is 5.73. The highest BCUT2D eigenvalue weighted by Gasteiger charge is 2.38. The zero-order chi connectivity index (χ0) is 27.5. The van der Waals surface area contributed by atoms with Crippen LogP contribution >= 0.6 is 0 Å². The number of halogens is 6. The van der Waals surface area contributed by atoms with Gasteiger partial charge in [-0.15, -0.1) is 0 Å². The second-order valence-electron chi connectivity index (χ2n) is 7.35. The molecule has 1 aliphatic rings. The van der Waals surface area contributed by atoms with Crippen molar-refractivity contribution in [1.82, 2.24) is 14.9 Å². The number of aromatic nitrogens is 2. The third kappa shape index (κ3) is 11.4. The quantitative estimate of drug-likeness (QED) is 0.490. The average molecular weight is 530 g/mol. The van der Waals surface area contributed by atoms with Crippen molar-refractivity contribution < 1.29 is 55.3 Å². The molecule has 2 aromatic rings. The molecule has 10 nitrogen and oxygen atoms in total. The number of hydrogen-bond donors (Lipinski definition) is 3. The van der Waals surface area contributed by atoms with Crippen LogP contribution in [0.5, 0.6) is 0 Å². The van der Waals surface area contributed by atoms with Crippen molar-refractivity contribution in [2.24, 2.45) is 0 Å². The molecule has 1 fully saturated rings. The number of carboxylic acid groups (broad SMARTS) is 2. The van der Waals surface area contributed by atoms with Crippen LogP contribution in [-0.4, -0.2) is 75.2 Å². The highest BCUT2D eigenvalue weighted by Crippen LogP contribution is 2.24. The van der Waals surface area contributed by atoms with Crippen molar-refractivity contribution in [3.05, 3.63) is 42.2 Å². The third-order valence-electron chi connectivity index (χ3n) is 4.07. The van der Waals surface area contributed by atoms with Gasteiger partial charge in [0.15, 0.2) is 0 Å². The number of carbonyl (C=O) groups is 2. The monoisotopic (exact) mass is 530 g/mol. The Kier molecular flexibility index (Phi) is 11.6. The normalized spacial score (nSPS) is 16.3. The molecule has 0 bridgehead atoms. The van der Waals surface area contributed by atoms with Gasteiger partial charge in [-0.25, -0.2) is 19.6 Å². The maximum absolute atomic E-state index is 10.6. The summed E-state index contributed by atoms with van der Waals surface area (Å²) >= 11 is 0. The Labute approximate surface area is 200 Å². The molecule has 2 aromatic heterocycles. The van der Waals surface area contributed by atoms with Gasteiger partial charge in [-0.05, 0) is 32.0 Å². The number of ether oxygens (including phenoxy) is 1. The van der Waals surface area contributed by atoms with Gasteiger partial charge in [-0.2, -0.15) is 26.3 Å².